The van der Waals surface area contributed by atoms with E-state index < -0.39 is 0 Å². The second kappa shape index (κ2) is 11.5. The molecular formula is C29H34. The fourth-order valence-corrected chi connectivity index (χ4v) is 4.30. The normalized spacial score (nSPS) is 18.9. The first-order valence-corrected chi connectivity index (χ1v) is 11.2. The van der Waals surface area contributed by atoms with Crippen molar-refractivity contribution in [1.82, 2.24) is 0 Å². The van der Waals surface area contributed by atoms with Gasteiger partial charge in [-0.15, -0.1) is 6.58 Å². The van der Waals surface area contributed by atoms with Gasteiger partial charge in [0.2, 0.25) is 0 Å². The predicted octanol–water partition coefficient (Wildman–Crippen LogP) is 7.82. The molecule has 0 atom stereocenters. The van der Waals surface area contributed by atoms with Gasteiger partial charge < -0.3 is 0 Å². The van der Waals surface area contributed by atoms with Crippen LogP contribution in [0, 0.1) is 23.7 Å². The van der Waals surface area contributed by atoms with Gasteiger partial charge >= 0.3 is 0 Å². The van der Waals surface area contributed by atoms with Gasteiger partial charge in [-0.1, -0.05) is 80.0 Å². The molecule has 0 aromatic heterocycles. The summed E-state index contributed by atoms with van der Waals surface area (Å²) in [6.45, 7) is 5.89. The summed E-state index contributed by atoms with van der Waals surface area (Å²) in [5.74, 6) is 8.43. The molecule has 2 aromatic carbocycles. The number of rotatable bonds is 7. The van der Waals surface area contributed by atoms with Crippen molar-refractivity contribution in [2.45, 2.75) is 58.3 Å². The highest BCUT2D eigenvalue weighted by Crippen LogP contribution is 2.33. The van der Waals surface area contributed by atoms with Crippen molar-refractivity contribution < 1.29 is 0 Å². The minimum atomic E-state index is 0.917. The summed E-state index contributed by atoms with van der Waals surface area (Å²) in [5, 5.41) is 0. The van der Waals surface area contributed by atoms with Crippen LogP contribution in [0.1, 0.15) is 74.1 Å². The zero-order chi connectivity index (χ0) is 20.3. The summed E-state index contributed by atoms with van der Waals surface area (Å²) >= 11 is 0. The van der Waals surface area contributed by atoms with E-state index in [4.69, 9.17) is 0 Å². The van der Waals surface area contributed by atoms with Gasteiger partial charge in [-0.05, 0) is 79.8 Å². The van der Waals surface area contributed by atoms with E-state index in [0.29, 0.717) is 0 Å². The van der Waals surface area contributed by atoms with Crippen LogP contribution in [-0.4, -0.2) is 0 Å². The van der Waals surface area contributed by atoms with Gasteiger partial charge in [0.05, 0.1) is 0 Å². The molecule has 1 fully saturated rings. The van der Waals surface area contributed by atoms with Gasteiger partial charge in [-0.3, -0.25) is 0 Å². The lowest BCUT2D eigenvalue weighted by molar-refractivity contribution is 0.254. The van der Waals surface area contributed by atoms with E-state index in [-0.39, 0.29) is 0 Å². The van der Waals surface area contributed by atoms with Crippen molar-refractivity contribution >= 4 is 6.08 Å². The van der Waals surface area contributed by atoms with Crippen molar-refractivity contribution in [3.63, 3.8) is 0 Å². The fourth-order valence-electron chi connectivity index (χ4n) is 4.30. The number of allylic oxidation sites excluding steroid dienone is 2. The van der Waals surface area contributed by atoms with Crippen molar-refractivity contribution in [2.24, 2.45) is 11.8 Å². The maximum absolute atomic E-state index is 3.85. The molecule has 0 bridgehead atoms. The van der Waals surface area contributed by atoms with E-state index in [1.165, 1.54) is 62.5 Å². The van der Waals surface area contributed by atoms with Crippen LogP contribution < -0.4 is 0 Å². The van der Waals surface area contributed by atoms with Gasteiger partial charge in [0.1, 0.15) is 0 Å². The smallest absolute Gasteiger partial charge is 0.0249 e. The quantitative estimate of drug-likeness (QED) is 0.338. The molecule has 0 aliphatic heterocycles. The van der Waals surface area contributed by atoms with Gasteiger partial charge in [-0.25, -0.2) is 0 Å². The third-order valence-electron chi connectivity index (χ3n) is 6.16. The van der Waals surface area contributed by atoms with E-state index in [0.717, 1.165) is 23.0 Å². The molecule has 1 aliphatic rings. The molecule has 0 nitrogen and oxygen atoms in total. The lowest BCUT2D eigenvalue weighted by Gasteiger charge is -2.28. The van der Waals surface area contributed by atoms with E-state index in [1.807, 2.05) is 6.92 Å². The molecule has 29 heavy (non-hydrogen) atoms. The van der Waals surface area contributed by atoms with Crippen LogP contribution in [0.25, 0.3) is 6.08 Å². The molecule has 0 spiro atoms. The van der Waals surface area contributed by atoms with Gasteiger partial charge in [0.25, 0.3) is 0 Å². The van der Waals surface area contributed by atoms with Crippen LogP contribution in [0.4, 0.5) is 0 Å². The maximum atomic E-state index is 3.85. The Hall–Kier alpha value is -2.52. The molecule has 0 amide bonds. The van der Waals surface area contributed by atoms with E-state index >= 15 is 0 Å². The van der Waals surface area contributed by atoms with Crippen molar-refractivity contribution in [3.05, 3.63) is 89.5 Å². The second-order valence-electron chi connectivity index (χ2n) is 8.36. The van der Waals surface area contributed by atoms with Crippen LogP contribution in [0.2, 0.25) is 0 Å². The minimum Gasteiger partial charge on any atom is -0.103 e. The number of hydrogen-bond donors (Lipinski definition) is 0. The molecule has 150 valence electrons. The van der Waals surface area contributed by atoms with Crippen molar-refractivity contribution in [3.8, 4) is 11.8 Å². The second-order valence-corrected chi connectivity index (χ2v) is 8.36. The Bertz CT molecular complexity index is 832. The highest BCUT2D eigenvalue weighted by Gasteiger charge is 2.20. The third-order valence-corrected chi connectivity index (χ3v) is 6.16. The summed E-state index contributed by atoms with van der Waals surface area (Å²) in [5.41, 5.74) is 4.81. The van der Waals surface area contributed by atoms with E-state index in [2.05, 4.69) is 85.2 Å². The zero-order valence-electron chi connectivity index (χ0n) is 17.9. The monoisotopic (exact) mass is 382 g/mol. The first-order valence-electron chi connectivity index (χ1n) is 11.2. The lowest BCUT2D eigenvalue weighted by Crippen LogP contribution is -2.15. The first kappa shape index (κ1) is 21.2. The Labute approximate surface area is 177 Å². The molecule has 0 heterocycles. The Kier molecular flexibility index (Phi) is 8.39. The van der Waals surface area contributed by atoms with Crippen LogP contribution in [0.15, 0.2) is 67.3 Å². The molecule has 1 saturated carbocycles. The van der Waals surface area contributed by atoms with Crippen molar-refractivity contribution in [2.75, 3.05) is 0 Å². The molecular weight excluding hydrogens is 348 g/mol. The van der Waals surface area contributed by atoms with Gasteiger partial charge in [-0.2, -0.15) is 0 Å². The number of benzene rings is 2. The third kappa shape index (κ3) is 7.10. The van der Waals surface area contributed by atoms with Crippen LogP contribution >= 0.6 is 0 Å². The summed E-state index contributed by atoms with van der Waals surface area (Å²) in [7, 11) is 0. The standard InChI is InChI=1S/C29H34/c1-3-5-7-25-10-14-27(15-11-25)17-19-29-22-20-28(21-23-29)18-16-26-12-8-24(6-4-2)9-13-26/h3-4,6,8-9,12-13,20-23,25,27H,1,5,7,10-11,14-15,17,19H2,2H3/b6-4+. The van der Waals surface area contributed by atoms with Gasteiger partial charge in [0, 0.05) is 11.1 Å². The Morgan fingerprint density at radius 1 is 0.828 bits per heavy atom. The summed E-state index contributed by atoms with van der Waals surface area (Å²) < 4.78 is 0. The Balaban J connectivity index is 1.45. The fraction of sp³-hybridized carbons (Fsp3) is 0.379. The van der Waals surface area contributed by atoms with Gasteiger partial charge in [0.15, 0.2) is 0 Å². The van der Waals surface area contributed by atoms with Crippen LogP contribution in [-0.2, 0) is 6.42 Å². The largest absolute Gasteiger partial charge is 0.103 e. The summed E-state index contributed by atoms with van der Waals surface area (Å²) in [4.78, 5) is 0. The first-order chi connectivity index (χ1) is 14.3. The lowest BCUT2D eigenvalue weighted by atomic mass is 9.78. The molecule has 0 saturated heterocycles. The Morgan fingerprint density at radius 2 is 1.38 bits per heavy atom. The number of aryl methyl sites for hydroxylation is 1. The highest BCUT2D eigenvalue weighted by molar-refractivity contribution is 5.52. The minimum absolute atomic E-state index is 0.917. The van der Waals surface area contributed by atoms with E-state index in [9.17, 15) is 0 Å². The van der Waals surface area contributed by atoms with Crippen LogP contribution in [0.5, 0.6) is 0 Å². The molecule has 1 aliphatic carbocycles. The molecule has 0 N–H and O–H groups in total. The Morgan fingerprint density at radius 3 is 1.93 bits per heavy atom. The summed E-state index contributed by atoms with van der Waals surface area (Å²) in [6.07, 6.45) is 17.0. The number of hydrogen-bond acceptors (Lipinski definition) is 0. The van der Waals surface area contributed by atoms with E-state index in [1.54, 1.807) is 0 Å². The molecule has 3 rings (SSSR count). The highest BCUT2D eigenvalue weighted by atomic mass is 14.3. The average molecular weight is 383 g/mol. The molecule has 2 aromatic rings. The predicted molar refractivity (Wildman–Crippen MR) is 127 cm³/mol. The maximum Gasteiger partial charge on any atom is 0.0249 e. The molecule has 0 radical (unpaired) electrons. The zero-order valence-corrected chi connectivity index (χ0v) is 17.9. The molecule has 0 unspecified atom stereocenters. The van der Waals surface area contributed by atoms with Crippen LogP contribution in [0.3, 0.4) is 0 Å². The molecule has 0 heteroatoms. The SMILES string of the molecule is C=CCCC1CCC(CCc2ccc(C#Cc3ccc(/C=C/C)cc3)cc2)CC1. The average Bonchev–Trinajstić information content (AvgIpc) is 2.77. The topological polar surface area (TPSA) is 0 Å². The summed E-state index contributed by atoms with van der Waals surface area (Å²) in [6, 6.07) is 17.3. The van der Waals surface area contributed by atoms with Crippen molar-refractivity contribution in [1.29, 1.82) is 0 Å².